The monoisotopic (exact) mass is 579 g/mol. The standard InChI is InChI=1S/C31H41N5O6/c1-19(37)36-13-11-31(12-14-36)18-22(27(38)35-31)17-26(30(41)42)34-28(39)24(15-20-7-3-2-4-8-20)33-29(40)25-16-21-9-5-6-10-23(21)32-25/h5-6,9-10,16,20,22,24,26,32H,2-4,7-8,11-15,17-18H2,1H3,(H,33,40)(H,34,39)(H,35,38)(H,41,42)/t22-,24?,26?/m0/s1. The number of H-pyrrole nitrogens is 1. The minimum Gasteiger partial charge on any atom is -0.480 e. The van der Waals surface area contributed by atoms with Crippen LogP contribution in [0.4, 0.5) is 0 Å². The number of carboxylic acid groups (broad SMARTS) is 1. The second-order valence-electron chi connectivity index (χ2n) is 12.3. The fourth-order valence-electron chi connectivity index (χ4n) is 6.95. The summed E-state index contributed by atoms with van der Waals surface area (Å²) in [5.74, 6) is -2.75. The summed E-state index contributed by atoms with van der Waals surface area (Å²) >= 11 is 0. The zero-order valence-corrected chi connectivity index (χ0v) is 24.1. The van der Waals surface area contributed by atoms with E-state index < -0.39 is 41.3 Å². The van der Waals surface area contributed by atoms with Crippen LogP contribution in [0, 0.1) is 11.8 Å². The SMILES string of the molecule is CC(=O)N1CCC2(CC1)C[C@H](CC(NC(=O)C(CC1CCCCC1)NC(=O)c1cc3ccccc3[nH]1)C(=O)O)C(=O)N2. The maximum Gasteiger partial charge on any atom is 0.326 e. The summed E-state index contributed by atoms with van der Waals surface area (Å²) in [6, 6.07) is 7.05. The summed E-state index contributed by atoms with van der Waals surface area (Å²) in [7, 11) is 0. The van der Waals surface area contributed by atoms with E-state index in [0.717, 1.165) is 43.0 Å². The number of amides is 4. The lowest BCUT2D eigenvalue weighted by atomic mass is 9.82. The number of carbonyl (C=O) groups excluding carboxylic acids is 4. The highest BCUT2D eigenvalue weighted by molar-refractivity contribution is 6.00. The van der Waals surface area contributed by atoms with Crippen LogP contribution >= 0.6 is 0 Å². The quantitative estimate of drug-likeness (QED) is 0.307. The molecule has 0 radical (unpaired) electrons. The van der Waals surface area contributed by atoms with Gasteiger partial charge >= 0.3 is 5.97 Å². The largest absolute Gasteiger partial charge is 0.480 e. The normalized spacial score (nSPS) is 22.0. The maximum atomic E-state index is 13.6. The van der Waals surface area contributed by atoms with Crippen LogP contribution in [-0.2, 0) is 19.2 Å². The van der Waals surface area contributed by atoms with E-state index in [4.69, 9.17) is 0 Å². The smallest absolute Gasteiger partial charge is 0.326 e. The number of benzene rings is 1. The van der Waals surface area contributed by atoms with Gasteiger partial charge in [-0.2, -0.15) is 0 Å². The number of aliphatic carboxylic acids is 1. The summed E-state index contributed by atoms with van der Waals surface area (Å²) in [5, 5.41) is 19.5. The maximum absolute atomic E-state index is 13.6. The van der Waals surface area contributed by atoms with Crippen LogP contribution in [0.2, 0.25) is 0 Å². The van der Waals surface area contributed by atoms with Gasteiger partial charge in [-0.15, -0.1) is 0 Å². The Balaban J connectivity index is 1.26. The second kappa shape index (κ2) is 12.5. The number of piperidine rings is 1. The Kier molecular flexibility index (Phi) is 8.84. The third-order valence-electron chi connectivity index (χ3n) is 9.39. The van der Waals surface area contributed by atoms with Crippen molar-refractivity contribution in [2.45, 2.75) is 88.8 Å². The molecule has 0 bridgehead atoms. The van der Waals surface area contributed by atoms with E-state index >= 15 is 0 Å². The molecule has 1 spiro atoms. The fraction of sp³-hybridized carbons (Fsp3) is 0.581. The van der Waals surface area contributed by atoms with Crippen molar-refractivity contribution in [2.75, 3.05) is 13.1 Å². The summed E-state index contributed by atoms with van der Waals surface area (Å²) in [4.78, 5) is 68.6. The van der Waals surface area contributed by atoms with Gasteiger partial charge in [0.15, 0.2) is 0 Å². The number of likely N-dealkylation sites (tertiary alicyclic amines) is 1. The average Bonchev–Trinajstić information content (AvgIpc) is 3.53. The molecule has 5 N–H and O–H groups in total. The van der Waals surface area contributed by atoms with Gasteiger partial charge in [0, 0.05) is 42.4 Å². The van der Waals surface area contributed by atoms with E-state index in [-0.39, 0.29) is 24.2 Å². The van der Waals surface area contributed by atoms with E-state index in [9.17, 15) is 29.1 Å². The lowest BCUT2D eigenvalue weighted by molar-refractivity contribution is -0.143. The third kappa shape index (κ3) is 6.77. The van der Waals surface area contributed by atoms with Crippen LogP contribution in [0.5, 0.6) is 0 Å². The Morgan fingerprint density at radius 3 is 2.40 bits per heavy atom. The molecule has 1 aromatic carbocycles. The molecular formula is C31H41N5O6. The number of para-hydroxylation sites is 1. The Hall–Kier alpha value is -3.89. The van der Waals surface area contributed by atoms with E-state index in [2.05, 4.69) is 20.9 Å². The van der Waals surface area contributed by atoms with Crippen molar-refractivity contribution < 1.29 is 29.1 Å². The molecule has 1 aromatic heterocycles. The Morgan fingerprint density at radius 1 is 1.02 bits per heavy atom. The molecular weight excluding hydrogens is 538 g/mol. The number of carboxylic acids is 1. The predicted molar refractivity (Wildman–Crippen MR) is 155 cm³/mol. The zero-order valence-electron chi connectivity index (χ0n) is 24.1. The second-order valence-corrected chi connectivity index (χ2v) is 12.3. The van der Waals surface area contributed by atoms with E-state index in [0.29, 0.717) is 44.5 Å². The Morgan fingerprint density at radius 2 is 1.74 bits per heavy atom. The van der Waals surface area contributed by atoms with Gasteiger partial charge in [-0.1, -0.05) is 50.3 Å². The van der Waals surface area contributed by atoms with Crippen LogP contribution < -0.4 is 16.0 Å². The topological polar surface area (TPSA) is 161 Å². The van der Waals surface area contributed by atoms with Gasteiger partial charge in [-0.05, 0) is 50.2 Å². The van der Waals surface area contributed by atoms with E-state index in [1.807, 2.05) is 24.3 Å². The Bertz CT molecular complexity index is 1310. The minimum absolute atomic E-state index is 0.00112. The van der Waals surface area contributed by atoms with Crippen molar-refractivity contribution in [1.82, 2.24) is 25.8 Å². The molecule has 226 valence electrons. The number of hydrogen-bond donors (Lipinski definition) is 5. The third-order valence-corrected chi connectivity index (χ3v) is 9.39. The average molecular weight is 580 g/mol. The molecule has 1 aliphatic carbocycles. The minimum atomic E-state index is -1.28. The summed E-state index contributed by atoms with van der Waals surface area (Å²) < 4.78 is 0. The van der Waals surface area contributed by atoms with Gasteiger partial charge in [0.05, 0.1) is 0 Å². The lowest BCUT2D eigenvalue weighted by Crippen LogP contribution is -2.53. The molecule has 2 aliphatic heterocycles. The Labute approximate surface area is 245 Å². The van der Waals surface area contributed by atoms with Gasteiger partial charge in [0.2, 0.25) is 17.7 Å². The lowest BCUT2D eigenvalue weighted by Gasteiger charge is -2.39. The summed E-state index contributed by atoms with van der Waals surface area (Å²) in [6.07, 6.45) is 7.25. The van der Waals surface area contributed by atoms with Crippen LogP contribution in [0.1, 0.15) is 81.6 Å². The van der Waals surface area contributed by atoms with Crippen molar-refractivity contribution in [3.05, 3.63) is 36.0 Å². The van der Waals surface area contributed by atoms with E-state index in [1.165, 1.54) is 6.92 Å². The number of rotatable bonds is 9. The van der Waals surface area contributed by atoms with Gasteiger partial charge in [0.1, 0.15) is 17.8 Å². The molecule has 11 heteroatoms. The van der Waals surface area contributed by atoms with Crippen LogP contribution in [0.3, 0.4) is 0 Å². The van der Waals surface area contributed by atoms with Gasteiger partial charge in [-0.3, -0.25) is 19.2 Å². The number of aromatic amines is 1. The van der Waals surface area contributed by atoms with Crippen molar-refractivity contribution in [3.63, 3.8) is 0 Å². The predicted octanol–water partition coefficient (Wildman–Crippen LogP) is 2.71. The molecule has 1 saturated carbocycles. The van der Waals surface area contributed by atoms with Crippen molar-refractivity contribution in [3.8, 4) is 0 Å². The summed E-state index contributed by atoms with van der Waals surface area (Å²) in [5.41, 5.74) is 0.676. The zero-order chi connectivity index (χ0) is 29.9. The highest BCUT2D eigenvalue weighted by Gasteiger charge is 2.47. The molecule has 3 aliphatic rings. The van der Waals surface area contributed by atoms with Gasteiger partial charge in [-0.25, -0.2) is 4.79 Å². The first-order valence-corrected chi connectivity index (χ1v) is 15.1. The van der Waals surface area contributed by atoms with Crippen LogP contribution in [0.25, 0.3) is 10.9 Å². The van der Waals surface area contributed by atoms with E-state index in [1.54, 1.807) is 11.0 Å². The van der Waals surface area contributed by atoms with Crippen LogP contribution in [0.15, 0.2) is 30.3 Å². The van der Waals surface area contributed by atoms with Gasteiger partial charge in [0.25, 0.3) is 5.91 Å². The molecule has 11 nitrogen and oxygen atoms in total. The molecule has 4 amide bonds. The number of hydrogen-bond acceptors (Lipinski definition) is 5. The first-order valence-electron chi connectivity index (χ1n) is 15.1. The van der Waals surface area contributed by atoms with Crippen LogP contribution in [-0.4, -0.2) is 75.3 Å². The fourth-order valence-corrected chi connectivity index (χ4v) is 6.95. The number of aromatic nitrogens is 1. The molecule has 2 aromatic rings. The van der Waals surface area contributed by atoms with Crippen molar-refractivity contribution >= 4 is 40.5 Å². The number of nitrogens with one attached hydrogen (secondary N) is 4. The highest BCUT2D eigenvalue weighted by Crippen LogP contribution is 2.36. The van der Waals surface area contributed by atoms with Crippen molar-refractivity contribution in [1.29, 1.82) is 0 Å². The van der Waals surface area contributed by atoms with Gasteiger partial charge < -0.3 is 30.9 Å². The number of carbonyl (C=O) groups is 5. The number of nitrogens with zero attached hydrogens (tertiary/aromatic N) is 1. The molecule has 2 unspecified atom stereocenters. The first kappa shape index (κ1) is 29.6. The van der Waals surface area contributed by atoms with Crippen molar-refractivity contribution in [2.24, 2.45) is 11.8 Å². The molecule has 5 rings (SSSR count). The summed E-state index contributed by atoms with van der Waals surface area (Å²) in [6.45, 7) is 2.61. The molecule has 3 atom stereocenters. The molecule has 2 saturated heterocycles. The molecule has 3 fully saturated rings. The molecule has 42 heavy (non-hydrogen) atoms. The number of fused-ring (bicyclic) bond motifs is 1. The first-order chi connectivity index (χ1) is 20.1. The molecule has 3 heterocycles. The highest BCUT2D eigenvalue weighted by atomic mass is 16.4.